The van der Waals surface area contributed by atoms with Crippen molar-refractivity contribution in [1.82, 2.24) is 14.9 Å². The maximum atomic E-state index is 6.23. The van der Waals surface area contributed by atoms with Crippen molar-refractivity contribution in [2.24, 2.45) is 0 Å². The number of anilines is 1. The Morgan fingerprint density at radius 1 is 1.12 bits per heavy atom. The zero-order chi connectivity index (χ0) is 17.4. The van der Waals surface area contributed by atoms with Gasteiger partial charge in [-0.25, -0.2) is 9.97 Å². The van der Waals surface area contributed by atoms with Crippen molar-refractivity contribution in [2.75, 3.05) is 19.8 Å². The van der Waals surface area contributed by atoms with Gasteiger partial charge >= 0.3 is 0 Å². The summed E-state index contributed by atoms with van der Waals surface area (Å²) in [5.41, 5.74) is 11.5. The minimum Gasteiger partial charge on any atom is -0.397 e. The van der Waals surface area contributed by atoms with Crippen LogP contribution in [-0.4, -0.2) is 29.0 Å². The fraction of sp³-hybridized carbons (Fsp3) is 0.158. The number of benzene rings is 1. The van der Waals surface area contributed by atoms with E-state index < -0.39 is 0 Å². The molecule has 0 aliphatic heterocycles. The predicted octanol–water partition coefficient (Wildman–Crippen LogP) is 4.73. The average Bonchev–Trinajstić information content (AvgIpc) is 3.25. The molecule has 0 unspecified atom stereocenters. The van der Waals surface area contributed by atoms with E-state index in [-0.39, 0.29) is 0 Å². The molecule has 3 heterocycles. The molecule has 0 atom stereocenters. The fourth-order valence-corrected chi connectivity index (χ4v) is 4.36. The quantitative estimate of drug-likeness (QED) is 0.567. The number of nitrogen functional groups attached to an aromatic ring is 1. The van der Waals surface area contributed by atoms with Crippen molar-refractivity contribution < 1.29 is 0 Å². The second-order valence-corrected chi connectivity index (χ2v) is 7.95. The van der Waals surface area contributed by atoms with Gasteiger partial charge < -0.3 is 10.6 Å². The summed E-state index contributed by atoms with van der Waals surface area (Å²) in [7, 11) is 4.15. The molecule has 1 aromatic carbocycles. The highest BCUT2D eigenvalue weighted by molar-refractivity contribution is 7.17. The Labute approximate surface area is 154 Å². The Bertz CT molecular complexity index is 1000. The lowest BCUT2D eigenvalue weighted by molar-refractivity contribution is 0.402. The molecule has 0 saturated carbocycles. The standard InChI is InChI=1S/C19H18N4S2/c1-23(2)10-12-3-5-13(6-4-12)14-9-16(18-21-7-8-24-18)22-19-17(14)15(20)11-25-19/h3-9,11H,10,20H2,1-2H3. The zero-order valence-corrected chi connectivity index (χ0v) is 15.7. The van der Waals surface area contributed by atoms with Crippen LogP contribution >= 0.6 is 22.7 Å². The average molecular weight is 367 g/mol. The van der Waals surface area contributed by atoms with Gasteiger partial charge in [-0.15, -0.1) is 22.7 Å². The summed E-state index contributed by atoms with van der Waals surface area (Å²) in [4.78, 5) is 12.3. The molecule has 0 saturated heterocycles. The molecule has 2 N–H and O–H groups in total. The van der Waals surface area contributed by atoms with E-state index in [1.807, 2.05) is 17.0 Å². The highest BCUT2D eigenvalue weighted by atomic mass is 32.1. The summed E-state index contributed by atoms with van der Waals surface area (Å²) in [5.74, 6) is 0. The Balaban J connectivity index is 1.86. The number of aromatic nitrogens is 2. The van der Waals surface area contributed by atoms with E-state index in [4.69, 9.17) is 10.7 Å². The molecule has 4 rings (SSSR count). The first-order valence-electron chi connectivity index (χ1n) is 7.93. The highest BCUT2D eigenvalue weighted by Crippen LogP contribution is 2.38. The van der Waals surface area contributed by atoms with Crippen LogP contribution in [0.5, 0.6) is 0 Å². The molecule has 4 aromatic rings. The molecule has 0 aliphatic rings. The molecule has 0 amide bonds. The van der Waals surface area contributed by atoms with Crippen LogP contribution in [0.2, 0.25) is 0 Å². The summed E-state index contributed by atoms with van der Waals surface area (Å²) in [6, 6.07) is 10.8. The Morgan fingerprint density at radius 2 is 1.92 bits per heavy atom. The van der Waals surface area contributed by atoms with E-state index in [2.05, 4.69) is 54.3 Å². The van der Waals surface area contributed by atoms with E-state index in [0.29, 0.717) is 0 Å². The third-order valence-corrected chi connectivity index (χ3v) is 5.67. The predicted molar refractivity (Wildman–Crippen MR) is 108 cm³/mol. The van der Waals surface area contributed by atoms with Crippen molar-refractivity contribution in [3.05, 3.63) is 52.9 Å². The van der Waals surface area contributed by atoms with Gasteiger partial charge in [-0.3, -0.25) is 0 Å². The lowest BCUT2D eigenvalue weighted by atomic mass is 10.0. The van der Waals surface area contributed by atoms with Crippen LogP contribution in [0.3, 0.4) is 0 Å². The van der Waals surface area contributed by atoms with Gasteiger partial charge in [-0.2, -0.15) is 0 Å². The largest absolute Gasteiger partial charge is 0.397 e. The van der Waals surface area contributed by atoms with Crippen LogP contribution in [0.25, 0.3) is 32.0 Å². The van der Waals surface area contributed by atoms with E-state index in [0.717, 1.165) is 44.3 Å². The molecule has 25 heavy (non-hydrogen) atoms. The van der Waals surface area contributed by atoms with Crippen molar-refractivity contribution in [2.45, 2.75) is 6.54 Å². The number of pyridine rings is 1. The zero-order valence-electron chi connectivity index (χ0n) is 14.1. The van der Waals surface area contributed by atoms with Crippen LogP contribution < -0.4 is 5.73 Å². The molecule has 4 nitrogen and oxygen atoms in total. The molecule has 0 fully saturated rings. The molecule has 6 heteroatoms. The van der Waals surface area contributed by atoms with Gasteiger partial charge in [-0.1, -0.05) is 24.3 Å². The molecular formula is C19H18N4S2. The summed E-state index contributed by atoms with van der Waals surface area (Å²) in [6.45, 7) is 0.928. The van der Waals surface area contributed by atoms with Crippen LogP contribution in [0.1, 0.15) is 5.56 Å². The SMILES string of the molecule is CN(C)Cc1ccc(-c2cc(-c3nccs3)nc3scc(N)c23)cc1. The molecule has 3 aromatic heterocycles. The topological polar surface area (TPSA) is 55.0 Å². The number of rotatable bonds is 4. The molecule has 126 valence electrons. The number of hydrogen-bond donors (Lipinski definition) is 1. The Hall–Kier alpha value is -2.28. The van der Waals surface area contributed by atoms with Crippen molar-refractivity contribution in [3.63, 3.8) is 0 Å². The molecule has 0 aliphatic carbocycles. The van der Waals surface area contributed by atoms with Gasteiger partial charge in [0.25, 0.3) is 0 Å². The number of nitrogens with zero attached hydrogens (tertiary/aromatic N) is 3. The molecular weight excluding hydrogens is 348 g/mol. The van der Waals surface area contributed by atoms with Gasteiger partial charge in [0.05, 0.1) is 5.69 Å². The number of hydrogen-bond acceptors (Lipinski definition) is 6. The summed E-state index contributed by atoms with van der Waals surface area (Å²) in [5, 5.41) is 5.90. The highest BCUT2D eigenvalue weighted by Gasteiger charge is 2.14. The lowest BCUT2D eigenvalue weighted by Gasteiger charge is -2.11. The monoisotopic (exact) mass is 366 g/mol. The molecule has 0 radical (unpaired) electrons. The summed E-state index contributed by atoms with van der Waals surface area (Å²) >= 11 is 3.18. The number of nitrogens with two attached hydrogens (primary N) is 1. The van der Waals surface area contributed by atoms with Crippen LogP contribution in [-0.2, 0) is 6.54 Å². The minimum atomic E-state index is 0.783. The van der Waals surface area contributed by atoms with E-state index in [9.17, 15) is 0 Å². The van der Waals surface area contributed by atoms with Crippen molar-refractivity contribution in [3.8, 4) is 21.8 Å². The van der Waals surface area contributed by atoms with Gasteiger partial charge in [0.15, 0.2) is 0 Å². The number of fused-ring (bicyclic) bond motifs is 1. The smallest absolute Gasteiger partial charge is 0.141 e. The maximum Gasteiger partial charge on any atom is 0.141 e. The first kappa shape index (κ1) is 16.2. The van der Waals surface area contributed by atoms with Crippen molar-refractivity contribution in [1.29, 1.82) is 0 Å². The normalized spacial score (nSPS) is 11.5. The van der Waals surface area contributed by atoms with Gasteiger partial charge in [0, 0.05) is 28.9 Å². The lowest BCUT2D eigenvalue weighted by Crippen LogP contribution is -2.10. The second kappa shape index (κ2) is 6.55. The van der Waals surface area contributed by atoms with Gasteiger partial charge in [0.2, 0.25) is 0 Å². The van der Waals surface area contributed by atoms with Crippen LogP contribution in [0, 0.1) is 0 Å². The molecule has 0 bridgehead atoms. The number of thiophene rings is 1. The third kappa shape index (κ3) is 3.16. The first-order chi connectivity index (χ1) is 12.1. The number of thiazole rings is 1. The minimum absolute atomic E-state index is 0.783. The Kier molecular flexibility index (Phi) is 4.25. The fourth-order valence-electron chi connectivity index (χ4n) is 2.91. The van der Waals surface area contributed by atoms with Gasteiger partial charge in [0.1, 0.15) is 15.5 Å². The van der Waals surface area contributed by atoms with E-state index in [1.54, 1.807) is 22.7 Å². The second-order valence-electron chi connectivity index (χ2n) is 6.20. The summed E-state index contributed by atoms with van der Waals surface area (Å²) in [6.07, 6.45) is 1.81. The summed E-state index contributed by atoms with van der Waals surface area (Å²) < 4.78 is 0. The first-order valence-corrected chi connectivity index (χ1v) is 9.69. The maximum absolute atomic E-state index is 6.23. The Morgan fingerprint density at radius 3 is 2.60 bits per heavy atom. The molecule has 0 spiro atoms. The van der Waals surface area contributed by atoms with Crippen LogP contribution in [0.4, 0.5) is 5.69 Å². The van der Waals surface area contributed by atoms with Crippen LogP contribution in [0.15, 0.2) is 47.3 Å². The van der Waals surface area contributed by atoms with Crippen molar-refractivity contribution >= 4 is 38.6 Å². The van der Waals surface area contributed by atoms with Gasteiger partial charge in [-0.05, 0) is 36.9 Å². The third-order valence-electron chi connectivity index (χ3n) is 3.99. The van der Waals surface area contributed by atoms with E-state index in [1.165, 1.54) is 5.56 Å². The van der Waals surface area contributed by atoms with E-state index >= 15 is 0 Å².